The van der Waals surface area contributed by atoms with E-state index in [2.05, 4.69) is 16.4 Å². The van der Waals surface area contributed by atoms with Crippen molar-refractivity contribution in [3.63, 3.8) is 0 Å². The first kappa shape index (κ1) is 37.1. The van der Waals surface area contributed by atoms with Crippen molar-refractivity contribution >= 4 is 0 Å². The molecule has 0 bridgehead atoms. The second-order valence-electron chi connectivity index (χ2n) is 11.4. The molecule has 0 heterocycles. The van der Waals surface area contributed by atoms with E-state index in [4.69, 9.17) is 0 Å². The number of halogens is 12. The van der Waals surface area contributed by atoms with Crippen molar-refractivity contribution in [3.05, 3.63) is 142 Å². The lowest BCUT2D eigenvalue weighted by Crippen LogP contribution is -2.25. The zero-order chi connectivity index (χ0) is 37.2. The van der Waals surface area contributed by atoms with Gasteiger partial charge < -0.3 is 9.47 Å². The SMILES string of the molecule is CCCCCc1ccc(-c2cc(F)c(C(F)(F)Oc3ccc(-c4cc(F)c(C(F)(F)Oc5cc(F)c(F)c(F)c5)c(F)c4)c(F)c3)c(F)c2)cc1. The lowest BCUT2D eigenvalue weighted by Gasteiger charge is -2.21. The van der Waals surface area contributed by atoms with E-state index in [1.165, 1.54) is 0 Å². The van der Waals surface area contributed by atoms with Crippen LogP contribution in [0.4, 0.5) is 52.7 Å². The minimum absolute atomic E-state index is 0.00559. The van der Waals surface area contributed by atoms with Crippen molar-refractivity contribution in [2.45, 2.75) is 44.8 Å². The molecular weight excluding hydrogens is 704 g/mol. The van der Waals surface area contributed by atoms with Gasteiger partial charge in [-0.25, -0.2) is 35.1 Å². The van der Waals surface area contributed by atoms with Gasteiger partial charge in [0.05, 0.1) is 0 Å². The first-order chi connectivity index (χ1) is 24.0. The van der Waals surface area contributed by atoms with Crippen LogP contribution in [0.25, 0.3) is 22.3 Å². The number of ether oxygens (including phenoxy) is 2. The minimum atomic E-state index is -4.92. The number of hydrogen-bond acceptors (Lipinski definition) is 2. The van der Waals surface area contributed by atoms with Crippen molar-refractivity contribution < 1.29 is 62.2 Å². The third kappa shape index (κ3) is 8.10. The molecule has 268 valence electrons. The molecule has 2 nitrogen and oxygen atoms in total. The van der Waals surface area contributed by atoms with Crippen LogP contribution < -0.4 is 9.47 Å². The van der Waals surface area contributed by atoms with Gasteiger partial charge in [-0.05, 0) is 71.5 Å². The van der Waals surface area contributed by atoms with E-state index in [0.29, 0.717) is 35.9 Å². The molecule has 0 fully saturated rings. The van der Waals surface area contributed by atoms with Gasteiger partial charge in [0, 0.05) is 23.8 Å². The summed E-state index contributed by atoms with van der Waals surface area (Å²) in [6.07, 6.45) is -5.81. The Bertz CT molecular complexity index is 1990. The van der Waals surface area contributed by atoms with Crippen LogP contribution in [0, 0.1) is 46.5 Å². The standard InChI is InChI=1S/C37H24F12O2/c1-2-3-4-5-19-6-8-20(9-7-19)21-12-27(39)33(28(40)13-21)36(46,47)50-23-10-11-25(26(38)16-23)22-14-29(41)34(30(42)15-22)37(48,49)51-24-17-31(43)35(45)32(44)18-24/h6-18H,2-5H2,1H3. The number of alkyl halides is 4. The Balaban J connectivity index is 1.35. The molecule has 0 radical (unpaired) electrons. The van der Waals surface area contributed by atoms with Crippen LogP contribution in [0.3, 0.4) is 0 Å². The van der Waals surface area contributed by atoms with Crippen molar-refractivity contribution in [1.29, 1.82) is 0 Å². The normalized spacial score (nSPS) is 11.9. The van der Waals surface area contributed by atoms with E-state index < -0.39 is 92.5 Å². The van der Waals surface area contributed by atoms with Crippen LogP contribution >= 0.6 is 0 Å². The number of aryl methyl sites for hydroxylation is 1. The molecule has 0 saturated carbocycles. The van der Waals surface area contributed by atoms with Crippen molar-refractivity contribution in [2.24, 2.45) is 0 Å². The van der Waals surface area contributed by atoms with E-state index in [1.54, 1.807) is 24.3 Å². The lowest BCUT2D eigenvalue weighted by molar-refractivity contribution is -0.190. The molecule has 0 aliphatic carbocycles. The molecule has 14 heteroatoms. The van der Waals surface area contributed by atoms with Gasteiger partial charge in [-0.2, -0.15) is 17.6 Å². The summed E-state index contributed by atoms with van der Waals surface area (Å²) in [5.41, 5.74) is -3.96. The Kier molecular flexibility index (Phi) is 10.6. The molecule has 0 aliphatic heterocycles. The highest BCUT2D eigenvalue weighted by atomic mass is 19.3. The molecule has 0 N–H and O–H groups in total. The predicted molar refractivity (Wildman–Crippen MR) is 162 cm³/mol. The van der Waals surface area contributed by atoms with Gasteiger partial charge in [-0.1, -0.05) is 44.0 Å². The van der Waals surface area contributed by atoms with E-state index in [1.807, 2.05) is 0 Å². The third-order valence-corrected chi connectivity index (χ3v) is 7.72. The Morgan fingerprint density at radius 2 is 0.941 bits per heavy atom. The number of hydrogen-bond donors (Lipinski definition) is 0. The predicted octanol–water partition coefficient (Wildman–Crippen LogP) is 12.1. The molecule has 0 amide bonds. The summed E-state index contributed by atoms with van der Waals surface area (Å²) in [5.74, 6) is -17.0. The highest BCUT2D eigenvalue weighted by Crippen LogP contribution is 2.40. The van der Waals surface area contributed by atoms with Gasteiger partial charge in [-0.3, -0.25) is 0 Å². The molecule has 0 atom stereocenters. The van der Waals surface area contributed by atoms with Gasteiger partial charge in [-0.15, -0.1) is 0 Å². The Hall–Kier alpha value is -5.14. The molecule has 5 aromatic rings. The molecule has 0 aliphatic rings. The molecule has 0 saturated heterocycles. The van der Waals surface area contributed by atoms with Crippen LogP contribution in [-0.4, -0.2) is 0 Å². The van der Waals surface area contributed by atoms with Crippen molar-refractivity contribution in [3.8, 4) is 33.8 Å². The second-order valence-corrected chi connectivity index (χ2v) is 11.4. The van der Waals surface area contributed by atoms with Crippen LogP contribution in [0.1, 0.15) is 42.9 Å². The minimum Gasteiger partial charge on any atom is -0.429 e. The molecule has 5 aromatic carbocycles. The summed E-state index contributed by atoms with van der Waals surface area (Å²) in [6, 6.07) is 10.2. The smallest absolute Gasteiger partial charge is 0.429 e. The zero-order valence-corrected chi connectivity index (χ0v) is 26.2. The van der Waals surface area contributed by atoms with Crippen molar-refractivity contribution in [1.82, 2.24) is 0 Å². The number of rotatable bonds is 12. The van der Waals surface area contributed by atoms with Crippen LogP contribution in [0.2, 0.25) is 0 Å². The third-order valence-electron chi connectivity index (χ3n) is 7.72. The zero-order valence-electron chi connectivity index (χ0n) is 26.2. The molecule has 0 aromatic heterocycles. The quantitative estimate of drug-likeness (QED) is 0.0723. The summed E-state index contributed by atoms with van der Waals surface area (Å²) in [7, 11) is 0. The van der Waals surface area contributed by atoms with E-state index in [9.17, 15) is 39.5 Å². The van der Waals surface area contributed by atoms with E-state index in [-0.39, 0.29) is 29.8 Å². The molecular formula is C37H24F12O2. The van der Waals surface area contributed by atoms with Crippen LogP contribution in [-0.2, 0) is 18.6 Å². The summed E-state index contributed by atoms with van der Waals surface area (Å²) in [6.45, 7) is 2.06. The second kappa shape index (κ2) is 14.6. The fraction of sp³-hybridized carbons (Fsp3) is 0.189. The van der Waals surface area contributed by atoms with Gasteiger partial charge in [0.1, 0.15) is 51.7 Å². The Morgan fingerprint density at radius 3 is 1.43 bits per heavy atom. The average molecular weight is 729 g/mol. The average Bonchev–Trinajstić information content (AvgIpc) is 3.02. The maximum absolute atomic E-state index is 15.1. The number of unbranched alkanes of at least 4 members (excludes halogenated alkanes) is 2. The summed E-state index contributed by atoms with van der Waals surface area (Å²) in [5, 5.41) is 0. The highest BCUT2D eigenvalue weighted by Gasteiger charge is 2.43. The highest BCUT2D eigenvalue weighted by molar-refractivity contribution is 5.66. The lowest BCUT2D eigenvalue weighted by atomic mass is 9.99. The van der Waals surface area contributed by atoms with Gasteiger partial charge in [0.2, 0.25) is 0 Å². The maximum Gasteiger partial charge on any atom is 0.432 e. The van der Waals surface area contributed by atoms with Gasteiger partial charge >= 0.3 is 12.2 Å². The molecule has 5 rings (SSSR count). The van der Waals surface area contributed by atoms with E-state index >= 15 is 13.2 Å². The maximum atomic E-state index is 15.1. The molecule has 51 heavy (non-hydrogen) atoms. The van der Waals surface area contributed by atoms with Gasteiger partial charge in [0.15, 0.2) is 17.5 Å². The topological polar surface area (TPSA) is 18.5 Å². The summed E-state index contributed by atoms with van der Waals surface area (Å²) >= 11 is 0. The van der Waals surface area contributed by atoms with Crippen molar-refractivity contribution in [2.75, 3.05) is 0 Å². The van der Waals surface area contributed by atoms with Gasteiger partial charge in [0.25, 0.3) is 0 Å². The first-order valence-corrected chi connectivity index (χ1v) is 15.2. The molecule has 0 unspecified atom stereocenters. The molecule has 0 spiro atoms. The first-order valence-electron chi connectivity index (χ1n) is 15.2. The van der Waals surface area contributed by atoms with Crippen LogP contribution in [0.15, 0.2) is 78.9 Å². The monoisotopic (exact) mass is 728 g/mol. The summed E-state index contributed by atoms with van der Waals surface area (Å²) in [4.78, 5) is 0. The summed E-state index contributed by atoms with van der Waals surface area (Å²) < 4.78 is 182. The number of benzene rings is 5. The fourth-order valence-electron chi connectivity index (χ4n) is 5.25. The largest absolute Gasteiger partial charge is 0.432 e. The fourth-order valence-corrected chi connectivity index (χ4v) is 5.25. The Morgan fingerprint density at radius 1 is 0.471 bits per heavy atom. The van der Waals surface area contributed by atoms with Crippen LogP contribution in [0.5, 0.6) is 11.5 Å². The van der Waals surface area contributed by atoms with E-state index in [0.717, 1.165) is 31.2 Å². The Labute approximate surface area is 282 Å².